The van der Waals surface area contributed by atoms with E-state index in [4.69, 9.17) is 9.47 Å². The van der Waals surface area contributed by atoms with Crippen LogP contribution in [0.3, 0.4) is 0 Å². The first-order valence-electron chi connectivity index (χ1n) is 9.97. The van der Waals surface area contributed by atoms with Crippen LogP contribution in [0.1, 0.15) is 78.1 Å². The van der Waals surface area contributed by atoms with Gasteiger partial charge in [0.1, 0.15) is 0 Å². The second kappa shape index (κ2) is 10.6. The lowest BCUT2D eigenvalue weighted by molar-refractivity contribution is 0.0791. The zero-order valence-electron chi connectivity index (χ0n) is 15.0. The van der Waals surface area contributed by atoms with Crippen LogP contribution in [-0.4, -0.2) is 26.4 Å². The normalized spacial score (nSPS) is 33.0. The molecule has 0 bridgehead atoms. The monoisotopic (exact) mass is 310 g/mol. The molecule has 22 heavy (non-hydrogen) atoms. The zero-order chi connectivity index (χ0) is 15.6. The first-order chi connectivity index (χ1) is 10.8. The number of ether oxygens (including phenoxy) is 2. The summed E-state index contributed by atoms with van der Waals surface area (Å²) in [6.07, 6.45) is 14.4. The van der Waals surface area contributed by atoms with Gasteiger partial charge >= 0.3 is 0 Å². The van der Waals surface area contributed by atoms with Crippen LogP contribution in [0.4, 0.5) is 0 Å². The highest BCUT2D eigenvalue weighted by Gasteiger charge is 2.24. The van der Waals surface area contributed by atoms with E-state index in [1.54, 1.807) is 0 Å². The lowest BCUT2D eigenvalue weighted by atomic mass is 9.76. The van der Waals surface area contributed by atoms with Crippen LogP contribution in [0.25, 0.3) is 0 Å². The van der Waals surface area contributed by atoms with Crippen molar-refractivity contribution in [2.45, 2.75) is 78.1 Å². The fourth-order valence-corrected chi connectivity index (χ4v) is 4.41. The Balaban J connectivity index is 1.52. The van der Waals surface area contributed by atoms with Crippen molar-refractivity contribution in [2.24, 2.45) is 23.7 Å². The van der Waals surface area contributed by atoms with E-state index >= 15 is 0 Å². The van der Waals surface area contributed by atoms with Crippen molar-refractivity contribution in [1.29, 1.82) is 0 Å². The molecule has 0 N–H and O–H groups in total. The van der Waals surface area contributed by atoms with Crippen molar-refractivity contribution in [3.8, 4) is 0 Å². The molecule has 130 valence electrons. The van der Waals surface area contributed by atoms with E-state index in [1.807, 2.05) is 0 Å². The van der Waals surface area contributed by atoms with Crippen molar-refractivity contribution in [3.63, 3.8) is 0 Å². The van der Waals surface area contributed by atoms with Crippen molar-refractivity contribution in [3.05, 3.63) is 0 Å². The second-order valence-corrected chi connectivity index (χ2v) is 7.67. The highest BCUT2D eigenvalue weighted by molar-refractivity contribution is 4.76. The topological polar surface area (TPSA) is 18.5 Å². The Labute approximate surface area is 138 Å². The maximum Gasteiger partial charge on any atom is 0.0494 e. The third kappa shape index (κ3) is 6.58. The van der Waals surface area contributed by atoms with Gasteiger partial charge in [-0.1, -0.05) is 38.5 Å². The summed E-state index contributed by atoms with van der Waals surface area (Å²) in [7, 11) is 0. The van der Waals surface area contributed by atoms with Crippen LogP contribution in [0, 0.1) is 23.7 Å². The van der Waals surface area contributed by atoms with E-state index in [0.29, 0.717) is 0 Å². The number of hydrogen-bond donors (Lipinski definition) is 0. The largest absolute Gasteiger partial charge is 0.381 e. The molecule has 0 aromatic carbocycles. The van der Waals surface area contributed by atoms with Gasteiger partial charge < -0.3 is 9.47 Å². The maximum absolute atomic E-state index is 5.59. The number of rotatable bonds is 9. The standard InChI is InChI=1S/C20H38O2/c1-3-21-15-19-11-7-17(8-12-19)5-6-18-9-13-20(14-10-18)16-22-4-2/h17-20H,3-16H2,1-2H3/t17-,18-,19-,20-. The Morgan fingerprint density at radius 1 is 0.545 bits per heavy atom. The Kier molecular flexibility index (Phi) is 8.84. The second-order valence-electron chi connectivity index (χ2n) is 7.67. The van der Waals surface area contributed by atoms with Gasteiger partial charge in [-0.05, 0) is 63.2 Å². The summed E-state index contributed by atoms with van der Waals surface area (Å²) in [5, 5.41) is 0. The van der Waals surface area contributed by atoms with Gasteiger partial charge in [0.05, 0.1) is 0 Å². The lowest BCUT2D eigenvalue weighted by Gasteiger charge is -2.31. The SMILES string of the molecule is CCOC[C@H]1CC[C@H](CC[C@H]2CC[C@H](COCC)CC2)CC1. The van der Waals surface area contributed by atoms with Crippen molar-refractivity contribution < 1.29 is 9.47 Å². The van der Waals surface area contributed by atoms with E-state index < -0.39 is 0 Å². The molecule has 2 saturated carbocycles. The van der Waals surface area contributed by atoms with Gasteiger partial charge in [-0.15, -0.1) is 0 Å². The van der Waals surface area contributed by atoms with Crippen molar-refractivity contribution in [1.82, 2.24) is 0 Å². The molecule has 0 unspecified atom stereocenters. The van der Waals surface area contributed by atoms with Crippen LogP contribution in [0.15, 0.2) is 0 Å². The molecule has 0 aromatic heterocycles. The van der Waals surface area contributed by atoms with E-state index in [2.05, 4.69) is 13.8 Å². The van der Waals surface area contributed by atoms with Gasteiger partial charge in [0.2, 0.25) is 0 Å². The van der Waals surface area contributed by atoms with Crippen LogP contribution >= 0.6 is 0 Å². The van der Waals surface area contributed by atoms with Gasteiger partial charge in [0.15, 0.2) is 0 Å². The summed E-state index contributed by atoms with van der Waals surface area (Å²) < 4.78 is 11.2. The molecular weight excluding hydrogens is 272 g/mol. The molecule has 0 atom stereocenters. The summed E-state index contributed by atoms with van der Waals surface area (Å²) in [5.74, 6) is 3.73. The molecule has 2 fully saturated rings. The molecule has 0 aliphatic heterocycles. The molecule has 0 aromatic rings. The van der Waals surface area contributed by atoms with E-state index in [-0.39, 0.29) is 0 Å². The minimum Gasteiger partial charge on any atom is -0.381 e. The average molecular weight is 311 g/mol. The minimum atomic E-state index is 0.852. The predicted molar refractivity (Wildman–Crippen MR) is 93.1 cm³/mol. The van der Waals surface area contributed by atoms with E-state index in [1.165, 1.54) is 64.2 Å². The van der Waals surface area contributed by atoms with Gasteiger partial charge in [-0.3, -0.25) is 0 Å². The van der Waals surface area contributed by atoms with Crippen molar-refractivity contribution >= 4 is 0 Å². The fourth-order valence-electron chi connectivity index (χ4n) is 4.41. The third-order valence-corrected chi connectivity index (χ3v) is 6.03. The molecule has 2 aliphatic rings. The molecular formula is C20H38O2. The number of hydrogen-bond acceptors (Lipinski definition) is 2. The molecule has 0 amide bonds. The molecule has 2 aliphatic carbocycles. The molecule has 0 spiro atoms. The Morgan fingerprint density at radius 2 is 0.864 bits per heavy atom. The summed E-state index contributed by atoms with van der Waals surface area (Å²) in [5.41, 5.74) is 0. The highest BCUT2D eigenvalue weighted by Crippen LogP contribution is 2.36. The van der Waals surface area contributed by atoms with Gasteiger partial charge in [-0.2, -0.15) is 0 Å². The zero-order valence-corrected chi connectivity index (χ0v) is 15.0. The summed E-state index contributed by atoms with van der Waals surface area (Å²) in [6.45, 7) is 7.99. The van der Waals surface area contributed by atoms with E-state index in [0.717, 1.165) is 50.1 Å². The first-order valence-corrected chi connectivity index (χ1v) is 9.97. The Bertz CT molecular complexity index is 235. The summed E-state index contributed by atoms with van der Waals surface area (Å²) in [4.78, 5) is 0. The molecule has 2 rings (SSSR count). The predicted octanol–water partition coefficient (Wildman–Crippen LogP) is 5.45. The van der Waals surface area contributed by atoms with Gasteiger partial charge in [0, 0.05) is 26.4 Å². The molecule has 0 radical (unpaired) electrons. The third-order valence-electron chi connectivity index (χ3n) is 6.03. The van der Waals surface area contributed by atoms with Gasteiger partial charge in [0.25, 0.3) is 0 Å². The molecule has 0 heterocycles. The average Bonchev–Trinajstić information content (AvgIpc) is 2.58. The highest BCUT2D eigenvalue weighted by atomic mass is 16.5. The summed E-state index contributed by atoms with van der Waals surface area (Å²) in [6, 6.07) is 0. The van der Waals surface area contributed by atoms with E-state index in [9.17, 15) is 0 Å². The molecule has 2 heteroatoms. The van der Waals surface area contributed by atoms with Crippen LogP contribution in [0.2, 0.25) is 0 Å². The quantitative estimate of drug-likeness (QED) is 0.563. The minimum absolute atomic E-state index is 0.852. The van der Waals surface area contributed by atoms with Crippen molar-refractivity contribution in [2.75, 3.05) is 26.4 Å². The molecule has 2 nitrogen and oxygen atoms in total. The summed E-state index contributed by atoms with van der Waals surface area (Å²) >= 11 is 0. The lowest BCUT2D eigenvalue weighted by Crippen LogP contribution is -2.21. The van der Waals surface area contributed by atoms with Gasteiger partial charge in [-0.25, -0.2) is 0 Å². The molecule has 0 saturated heterocycles. The smallest absolute Gasteiger partial charge is 0.0494 e. The Morgan fingerprint density at radius 3 is 1.18 bits per heavy atom. The van der Waals surface area contributed by atoms with Crippen LogP contribution in [0.5, 0.6) is 0 Å². The maximum atomic E-state index is 5.59. The fraction of sp³-hybridized carbons (Fsp3) is 1.00. The first kappa shape index (κ1) is 18.3. The van der Waals surface area contributed by atoms with Crippen LogP contribution < -0.4 is 0 Å². The Hall–Kier alpha value is -0.0800. The van der Waals surface area contributed by atoms with Crippen LogP contribution in [-0.2, 0) is 9.47 Å².